The standard InChI is InChI=1S/C13H21F3N2/c14-13(15,16)9-18-7-11(10-3-4-10)17-8-12(18)5-1-2-6-12/h10-11,17H,1-9H2. The van der Waals surface area contributed by atoms with Crippen LogP contribution >= 0.6 is 0 Å². The summed E-state index contributed by atoms with van der Waals surface area (Å²) in [6, 6.07) is 0.290. The lowest BCUT2D eigenvalue weighted by Crippen LogP contribution is -2.65. The smallest absolute Gasteiger partial charge is 0.311 e. The molecule has 1 N–H and O–H groups in total. The Bertz CT molecular complexity index is 306. The molecule has 0 aromatic carbocycles. The molecule has 1 atom stereocenters. The molecule has 0 aromatic rings. The van der Waals surface area contributed by atoms with Gasteiger partial charge in [0.15, 0.2) is 0 Å². The fraction of sp³-hybridized carbons (Fsp3) is 1.00. The molecule has 2 aliphatic carbocycles. The minimum atomic E-state index is -4.07. The van der Waals surface area contributed by atoms with Crippen LogP contribution in [0.1, 0.15) is 38.5 Å². The van der Waals surface area contributed by atoms with Crippen LogP contribution in [-0.4, -0.2) is 42.3 Å². The van der Waals surface area contributed by atoms with E-state index in [0.29, 0.717) is 18.5 Å². The summed E-state index contributed by atoms with van der Waals surface area (Å²) in [5.74, 6) is 0.625. The predicted molar refractivity (Wildman–Crippen MR) is 63.3 cm³/mol. The second-order valence-electron chi connectivity index (χ2n) is 6.25. The summed E-state index contributed by atoms with van der Waals surface area (Å²) in [5.41, 5.74) is -0.207. The molecule has 104 valence electrons. The molecule has 0 aromatic heterocycles. The Hall–Kier alpha value is -0.290. The molecule has 0 amide bonds. The first-order chi connectivity index (χ1) is 8.49. The van der Waals surface area contributed by atoms with Gasteiger partial charge in [0.2, 0.25) is 0 Å². The van der Waals surface area contributed by atoms with Crippen molar-refractivity contribution in [2.24, 2.45) is 5.92 Å². The first kappa shape index (κ1) is 12.7. The molecule has 1 spiro atoms. The normalized spacial score (nSPS) is 33.2. The number of alkyl halides is 3. The largest absolute Gasteiger partial charge is 0.401 e. The van der Waals surface area contributed by atoms with Gasteiger partial charge in [0.05, 0.1) is 6.54 Å². The highest BCUT2D eigenvalue weighted by molar-refractivity contribution is 5.04. The van der Waals surface area contributed by atoms with Crippen LogP contribution in [-0.2, 0) is 0 Å². The first-order valence-electron chi connectivity index (χ1n) is 7.04. The minimum absolute atomic E-state index is 0.207. The van der Waals surface area contributed by atoms with E-state index in [0.717, 1.165) is 32.2 Å². The van der Waals surface area contributed by atoms with Gasteiger partial charge in [-0.3, -0.25) is 4.90 Å². The van der Waals surface area contributed by atoms with Crippen molar-refractivity contribution in [2.75, 3.05) is 19.6 Å². The molecule has 0 bridgehead atoms. The van der Waals surface area contributed by atoms with Crippen LogP contribution in [0.2, 0.25) is 0 Å². The lowest BCUT2D eigenvalue weighted by atomic mass is 9.90. The second kappa shape index (κ2) is 4.37. The van der Waals surface area contributed by atoms with E-state index in [-0.39, 0.29) is 5.54 Å². The average molecular weight is 262 g/mol. The molecule has 1 unspecified atom stereocenters. The lowest BCUT2D eigenvalue weighted by Gasteiger charge is -2.48. The van der Waals surface area contributed by atoms with Crippen molar-refractivity contribution in [3.05, 3.63) is 0 Å². The van der Waals surface area contributed by atoms with E-state index in [1.807, 2.05) is 0 Å². The summed E-state index contributed by atoms with van der Waals surface area (Å²) in [6.45, 7) is 0.617. The molecule has 1 heterocycles. The second-order valence-corrected chi connectivity index (χ2v) is 6.25. The predicted octanol–water partition coefficient (Wildman–Crippen LogP) is 2.55. The fourth-order valence-corrected chi connectivity index (χ4v) is 3.72. The van der Waals surface area contributed by atoms with E-state index in [1.165, 1.54) is 12.8 Å². The SMILES string of the molecule is FC(F)(F)CN1CC(C2CC2)NCC12CCCC2. The average Bonchev–Trinajstić information content (AvgIpc) is 3.01. The minimum Gasteiger partial charge on any atom is -0.311 e. The van der Waals surface area contributed by atoms with Crippen molar-refractivity contribution in [1.29, 1.82) is 0 Å². The van der Waals surface area contributed by atoms with Gasteiger partial charge in [-0.2, -0.15) is 13.2 Å². The maximum absolute atomic E-state index is 12.8. The highest BCUT2D eigenvalue weighted by Gasteiger charge is 2.49. The Morgan fingerprint density at radius 2 is 1.83 bits per heavy atom. The molecule has 18 heavy (non-hydrogen) atoms. The molecule has 1 saturated heterocycles. The van der Waals surface area contributed by atoms with Crippen LogP contribution in [0.15, 0.2) is 0 Å². The molecular formula is C13H21F3N2. The summed E-state index contributed by atoms with van der Waals surface area (Å²) in [5, 5.41) is 3.52. The molecule has 0 radical (unpaired) electrons. The number of nitrogens with zero attached hydrogens (tertiary/aromatic N) is 1. The lowest BCUT2D eigenvalue weighted by molar-refractivity contribution is -0.164. The van der Waals surface area contributed by atoms with Crippen LogP contribution in [0, 0.1) is 5.92 Å². The number of piperazine rings is 1. The zero-order valence-corrected chi connectivity index (χ0v) is 10.6. The molecular weight excluding hydrogens is 241 g/mol. The van der Waals surface area contributed by atoms with Crippen molar-refractivity contribution in [3.63, 3.8) is 0 Å². The topological polar surface area (TPSA) is 15.3 Å². The third-order valence-electron chi connectivity index (χ3n) is 4.88. The van der Waals surface area contributed by atoms with Crippen LogP contribution < -0.4 is 5.32 Å². The zero-order valence-electron chi connectivity index (χ0n) is 10.6. The Kier molecular flexibility index (Phi) is 3.09. The number of halogens is 3. The van der Waals surface area contributed by atoms with Crippen LogP contribution in [0.25, 0.3) is 0 Å². The maximum atomic E-state index is 12.8. The van der Waals surface area contributed by atoms with E-state index >= 15 is 0 Å². The molecule has 5 heteroatoms. The molecule has 2 saturated carbocycles. The quantitative estimate of drug-likeness (QED) is 0.822. The monoisotopic (exact) mass is 262 g/mol. The Morgan fingerprint density at radius 3 is 2.39 bits per heavy atom. The van der Waals surface area contributed by atoms with Crippen LogP contribution in [0.3, 0.4) is 0 Å². The van der Waals surface area contributed by atoms with E-state index < -0.39 is 12.7 Å². The molecule has 3 aliphatic rings. The van der Waals surface area contributed by atoms with Gasteiger partial charge in [-0.05, 0) is 31.6 Å². The number of hydrogen-bond acceptors (Lipinski definition) is 2. The fourth-order valence-electron chi connectivity index (χ4n) is 3.72. The third-order valence-corrected chi connectivity index (χ3v) is 4.88. The van der Waals surface area contributed by atoms with E-state index in [4.69, 9.17) is 0 Å². The van der Waals surface area contributed by atoms with Crippen LogP contribution in [0.5, 0.6) is 0 Å². The summed E-state index contributed by atoms with van der Waals surface area (Å²) >= 11 is 0. The third kappa shape index (κ3) is 2.52. The Balaban J connectivity index is 1.73. The Morgan fingerprint density at radius 1 is 1.17 bits per heavy atom. The van der Waals surface area contributed by atoms with E-state index in [1.54, 1.807) is 4.90 Å². The van der Waals surface area contributed by atoms with E-state index in [9.17, 15) is 13.2 Å². The van der Waals surface area contributed by atoms with E-state index in [2.05, 4.69) is 5.32 Å². The van der Waals surface area contributed by atoms with Gasteiger partial charge in [0.1, 0.15) is 0 Å². The van der Waals surface area contributed by atoms with Gasteiger partial charge in [-0.1, -0.05) is 12.8 Å². The van der Waals surface area contributed by atoms with Crippen molar-refractivity contribution in [1.82, 2.24) is 10.2 Å². The first-order valence-corrected chi connectivity index (χ1v) is 7.04. The number of nitrogens with one attached hydrogen (secondary N) is 1. The highest BCUT2D eigenvalue weighted by Crippen LogP contribution is 2.42. The molecule has 3 rings (SSSR count). The summed E-state index contributed by atoms with van der Waals surface area (Å²) < 4.78 is 38.3. The zero-order chi connectivity index (χ0) is 12.8. The maximum Gasteiger partial charge on any atom is 0.401 e. The van der Waals surface area contributed by atoms with Gasteiger partial charge in [0.25, 0.3) is 0 Å². The summed E-state index contributed by atoms with van der Waals surface area (Å²) in [4.78, 5) is 1.75. The van der Waals surface area contributed by atoms with Crippen molar-refractivity contribution >= 4 is 0 Å². The summed E-state index contributed by atoms with van der Waals surface area (Å²) in [7, 11) is 0. The summed E-state index contributed by atoms with van der Waals surface area (Å²) in [6.07, 6.45) is 2.30. The van der Waals surface area contributed by atoms with Crippen LogP contribution in [0.4, 0.5) is 13.2 Å². The van der Waals surface area contributed by atoms with Crippen molar-refractivity contribution in [2.45, 2.75) is 56.3 Å². The molecule has 1 aliphatic heterocycles. The van der Waals surface area contributed by atoms with Crippen molar-refractivity contribution in [3.8, 4) is 0 Å². The number of hydrogen-bond donors (Lipinski definition) is 1. The van der Waals surface area contributed by atoms with Gasteiger partial charge in [-0.25, -0.2) is 0 Å². The van der Waals surface area contributed by atoms with Gasteiger partial charge in [0, 0.05) is 24.7 Å². The number of rotatable bonds is 2. The molecule has 2 nitrogen and oxygen atoms in total. The highest BCUT2D eigenvalue weighted by atomic mass is 19.4. The van der Waals surface area contributed by atoms with Gasteiger partial charge >= 0.3 is 6.18 Å². The Labute approximate surface area is 106 Å². The van der Waals surface area contributed by atoms with Crippen molar-refractivity contribution < 1.29 is 13.2 Å². The molecule has 3 fully saturated rings. The van der Waals surface area contributed by atoms with Gasteiger partial charge < -0.3 is 5.32 Å². The van der Waals surface area contributed by atoms with Gasteiger partial charge in [-0.15, -0.1) is 0 Å².